The van der Waals surface area contributed by atoms with Gasteiger partial charge >= 0.3 is 0 Å². The largest absolute Gasteiger partial charge is 0.493 e. The van der Waals surface area contributed by atoms with Crippen LogP contribution in [-0.2, 0) is 6.42 Å². The van der Waals surface area contributed by atoms with E-state index >= 15 is 0 Å². The molecule has 2 aliphatic heterocycles. The van der Waals surface area contributed by atoms with Gasteiger partial charge in [-0.2, -0.15) is 0 Å². The normalized spacial score (nSPS) is 23.0. The Hall–Kier alpha value is -1.52. The third-order valence-corrected chi connectivity index (χ3v) is 4.62. The second-order valence-electron chi connectivity index (χ2n) is 5.51. The number of fused-ring (bicyclic) bond motifs is 2. The molecule has 2 aromatic carbocycles. The van der Waals surface area contributed by atoms with Crippen LogP contribution < -0.4 is 9.47 Å². The number of halogens is 1. The van der Waals surface area contributed by atoms with Crippen molar-refractivity contribution in [2.24, 2.45) is 0 Å². The average molecular weight is 347 g/mol. The Morgan fingerprint density at radius 2 is 2.00 bits per heavy atom. The zero-order valence-electron chi connectivity index (χ0n) is 11.4. The molecular weight excluding hydrogens is 332 g/mol. The lowest BCUT2D eigenvalue weighted by Gasteiger charge is -2.30. The van der Waals surface area contributed by atoms with Crippen molar-refractivity contribution in [3.63, 3.8) is 0 Å². The third-order valence-electron chi connectivity index (χ3n) is 4.13. The molecule has 108 valence electrons. The van der Waals surface area contributed by atoms with Crippen molar-refractivity contribution >= 4 is 15.9 Å². The maximum atomic E-state index is 10.4. The quantitative estimate of drug-likeness (QED) is 0.849. The molecule has 4 heteroatoms. The highest BCUT2D eigenvalue weighted by molar-refractivity contribution is 9.10. The van der Waals surface area contributed by atoms with Crippen LogP contribution in [0.15, 0.2) is 40.9 Å². The minimum Gasteiger partial charge on any atom is -0.493 e. The summed E-state index contributed by atoms with van der Waals surface area (Å²) in [5.41, 5.74) is 3.19. The predicted molar refractivity (Wildman–Crippen MR) is 82.7 cm³/mol. The predicted octanol–water partition coefficient (Wildman–Crippen LogP) is 3.94. The summed E-state index contributed by atoms with van der Waals surface area (Å²) in [4.78, 5) is 0. The highest BCUT2D eigenvalue weighted by Gasteiger charge is 2.29. The number of hydrogen-bond acceptors (Lipinski definition) is 3. The molecule has 3 nitrogen and oxygen atoms in total. The Bertz CT molecular complexity index is 698. The maximum absolute atomic E-state index is 10.4. The van der Waals surface area contributed by atoms with Gasteiger partial charge in [0.05, 0.1) is 12.7 Å². The molecule has 0 saturated carbocycles. The fourth-order valence-electron chi connectivity index (χ4n) is 3.03. The molecule has 2 aromatic rings. The van der Waals surface area contributed by atoms with Gasteiger partial charge in [0.25, 0.3) is 0 Å². The standard InChI is InChI=1S/C17H15BrO3/c18-12-2-3-13-14(19)9-16(21-17(13)8-12)10-1-4-15-11(7-10)5-6-20-15/h1-4,7-8,14,16,19H,5-6,9H2. The van der Waals surface area contributed by atoms with Crippen LogP contribution in [0.2, 0.25) is 0 Å². The highest BCUT2D eigenvalue weighted by Crippen LogP contribution is 2.42. The lowest BCUT2D eigenvalue weighted by molar-refractivity contribution is 0.0656. The number of aliphatic hydroxyl groups is 1. The summed E-state index contributed by atoms with van der Waals surface area (Å²) in [7, 11) is 0. The Balaban J connectivity index is 1.68. The van der Waals surface area contributed by atoms with Crippen molar-refractivity contribution in [2.75, 3.05) is 6.61 Å². The van der Waals surface area contributed by atoms with Gasteiger partial charge in [-0.25, -0.2) is 0 Å². The van der Waals surface area contributed by atoms with Crippen molar-refractivity contribution in [1.82, 2.24) is 0 Å². The monoisotopic (exact) mass is 346 g/mol. The number of rotatable bonds is 1. The van der Waals surface area contributed by atoms with Gasteiger partial charge in [0.2, 0.25) is 0 Å². The van der Waals surface area contributed by atoms with Crippen molar-refractivity contribution in [2.45, 2.75) is 25.0 Å². The minimum absolute atomic E-state index is 0.118. The first-order valence-electron chi connectivity index (χ1n) is 7.10. The summed E-state index contributed by atoms with van der Waals surface area (Å²) in [5.74, 6) is 1.73. The molecule has 0 radical (unpaired) electrons. The maximum Gasteiger partial charge on any atom is 0.127 e. The molecule has 0 saturated heterocycles. The SMILES string of the molecule is OC1CC(c2ccc3c(c2)CCO3)Oc2cc(Br)ccc21. The van der Waals surface area contributed by atoms with E-state index in [1.165, 1.54) is 5.56 Å². The molecule has 0 aromatic heterocycles. The van der Waals surface area contributed by atoms with Crippen LogP contribution in [0.3, 0.4) is 0 Å². The summed E-state index contributed by atoms with van der Waals surface area (Å²) in [5, 5.41) is 10.4. The number of hydrogen-bond donors (Lipinski definition) is 1. The molecule has 0 bridgehead atoms. The van der Waals surface area contributed by atoms with Crippen molar-refractivity contribution in [3.05, 3.63) is 57.6 Å². The lowest BCUT2D eigenvalue weighted by Crippen LogP contribution is -2.19. The van der Waals surface area contributed by atoms with Crippen molar-refractivity contribution in [3.8, 4) is 11.5 Å². The smallest absolute Gasteiger partial charge is 0.127 e. The van der Waals surface area contributed by atoms with Gasteiger partial charge in [-0.15, -0.1) is 0 Å². The van der Waals surface area contributed by atoms with Crippen LogP contribution in [0.1, 0.15) is 35.3 Å². The summed E-state index contributed by atoms with van der Waals surface area (Å²) >= 11 is 3.45. The molecule has 0 amide bonds. The van der Waals surface area contributed by atoms with Crippen molar-refractivity contribution in [1.29, 1.82) is 0 Å². The molecule has 2 aliphatic rings. The first kappa shape index (κ1) is 13.2. The van der Waals surface area contributed by atoms with Crippen molar-refractivity contribution < 1.29 is 14.6 Å². The Labute approximate surface area is 131 Å². The summed E-state index contributed by atoms with van der Waals surface area (Å²) in [6.45, 7) is 0.753. The van der Waals surface area contributed by atoms with Crippen LogP contribution >= 0.6 is 15.9 Å². The van der Waals surface area contributed by atoms with E-state index in [-0.39, 0.29) is 6.10 Å². The van der Waals surface area contributed by atoms with Gasteiger partial charge in [0.1, 0.15) is 17.6 Å². The summed E-state index contributed by atoms with van der Waals surface area (Å²) < 4.78 is 12.6. The van der Waals surface area contributed by atoms with Crippen LogP contribution in [0.5, 0.6) is 11.5 Å². The van der Waals surface area contributed by atoms with E-state index < -0.39 is 6.10 Å². The molecule has 0 aliphatic carbocycles. The molecule has 0 fully saturated rings. The molecule has 2 unspecified atom stereocenters. The molecule has 21 heavy (non-hydrogen) atoms. The Kier molecular flexibility index (Phi) is 3.16. The zero-order chi connectivity index (χ0) is 14.4. The van der Waals surface area contributed by atoms with E-state index in [0.717, 1.165) is 40.1 Å². The van der Waals surface area contributed by atoms with Crippen LogP contribution in [-0.4, -0.2) is 11.7 Å². The van der Waals surface area contributed by atoms with Gasteiger partial charge in [0.15, 0.2) is 0 Å². The highest BCUT2D eigenvalue weighted by atomic mass is 79.9. The molecule has 4 rings (SSSR count). The fourth-order valence-corrected chi connectivity index (χ4v) is 3.37. The second-order valence-corrected chi connectivity index (χ2v) is 6.42. The van der Waals surface area contributed by atoms with Gasteiger partial charge < -0.3 is 14.6 Å². The van der Waals surface area contributed by atoms with Gasteiger partial charge in [-0.1, -0.05) is 28.1 Å². The Morgan fingerprint density at radius 3 is 2.90 bits per heavy atom. The van der Waals surface area contributed by atoms with E-state index in [0.29, 0.717) is 6.42 Å². The molecular formula is C17H15BrO3. The van der Waals surface area contributed by atoms with Gasteiger partial charge in [0, 0.05) is 22.9 Å². The number of aliphatic hydroxyl groups excluding tert-OH is 1. The van der Waals surface area contributed by atoms with E-state index in [4.69, 9.17) is 9.47 Å². The summed E-state index contributed by atoms with van der Waals surface area (Å²) in [6.07, 6.45) is 0.915. The lowest BCUT2D eigenvalue weighted by atomic mass is 9.94. The van der Waals surface area contributed by atoms with E-state index in [2.05, 4.69) is 22.0 Å². The van der Waals surface area contributed by atoms with Gasteiger partial charge in [-0.3, -0.25) is 0 Å². The van der Waals surface area contributed by atoms with Crippen LogP contribution in [0.4, 0.5) is 0 Å². The van der Waals surface area contributed by atoms with Crippen LogP contribution in [0, 0.1) is 0 Å². The first-order valence-corrected chi connectivity index (χ1v) is 7.90. The van der Waals surface area contributed by atoms with Crippen LogP contribution in [0.25, 0.3) is 0 Å². The summed E-state index contributed by atoms with van der Waals surface area (Å²) in [6, 6.07) is 11.9. The molecule has 1 N–H and O–H groups in total. The van der Waals surface area contributed by atoms with E-state index in [9.17, 15) is 5.11 Å². The molecule has 2 atom stereocenters. The van der Waals surface area contributed by atoms with Gasteiger partial charge in [-0.05, 0) is 35.4 Å². The fraction of sp³-hybridized carbons (Fsp3) is 0.294. The van der Waals surface area contributed by atoms with E-state index in [1.807, 2.05) is 30.3 Å². The number of benzene rings is 2. The zero-order valence-corrected chi connectivity index (χ0v) is 13.0. The topological polar surface area (TPSA) is 38.7 Å². The molecule has 2 heterocycles. The van der Waals surface area contributed by atoms with E-state index in [1.54, 1.807) is 0 Å². The third kappa shape index (κ3) is 2.32. The first-order chi connectivity index (χ1) is 10.2. The Morgan fingerprint density at radius 1 is 1.10 bits per heavy atom. The average Bonchev–Trinajstić information content (AvgIpc) is 2.94. The second kappa shape index (κ2) is 5.04. The minimum atomic E-state index is -0.489. The number of ether oxygens (including phenoxy) is 2. The molecule has 0 spiro atoms.